The van der Waals surface area contributed by atoms with Gasteiger partial charge in [0.2, 0.25) is 5.75 Å². The summed E-state index contributed by atoms with van der Waals surface area (Å²) in [4.78, 5) is 21.9. The predicted octanol–water partition coefficient (Wildman–Crippen LogP) is 4.18. The quantitative estimate of drug-likeness (QED) is 0.483. The van der Waals surface area contributed by atoms with E-state index in [2.05, 4.69) is 0 Å². The highest BCUT2D eigenvalue weighted by molar-refractivity contribution is 5.96. The lowest BCUT2D eigenvalue weighted by molar-refractivity contribution is -0.385. The van der Waals surface area contributed by atoms with Crippen LogP contribution in [-0.2, 0) is 0 Å². The molecule has 2 rings (SSSR count). The third kappa shape index (κ3) is 3.08. The Morgan fingerprint density at radius 1 is 1.18 bits per heavy atom. The van der Waals surface area contributed by atoms with Crippen molar-refractivity contribution in [3.63, 3.8) is 0 Å². The van der Waals surface area contributed by atoms with E-state index >= 15 is 0 Å². The van der Waals surface area contributed by atoms with Crippen molar-refractivity contribution >= 4 is 11.5 Å². The smallest absolute Gasteiger partial charge is 0.311 e. The van der Waals surface area contributed by atoms with Gasteiger partial charge in [-0.25, -0.2) is 8.78 Å². The van der Waals surface area contributed by atoms with E-state index in [9.17, 15) is 23.7 Å². The first-order valence-corrected chi connectivity index (χ1v) is 6.22. The maximum atomic E-state index is 13.6. The van der Waals surface area contributed by atoms with Crippen LogP contribution in [0.1, 0.15) is 22.8 Å². The summed E-state index contributed by atoms with van der Waals surface area (Å²) in [5.41, 5.74) is 0.223. The molecule has 0 aliphatic rings. The molecule has 0 fully saturated rings. The summed E-state index contributed by atoms with van der Waals surface area (Å²) in [6, 6.07) is 4.93. The van der Waals surface area contributed by atoms with E-state index in [1.165, 1.54) is 19.1 Å². The minimum absolute atomic E-state index is 0.225. The van der Waals surface area contributed by atoms with Crippen molar-refractivity contribution in [2.75, 3.05) is 0 Å². The van der Waals surface area contributed by atoms with Crippen LogP contribution in [0, 0.1) is 28.7 Å². The van der Waals surface area contributed by atoms with Gasteiger partial charge in [0.15, 0.2) is 17.3 Å². The first kappa shape index (κ1) is 15.6. The second kappa shape index (κ2) is 5.88. The molecule has 0 bridgehead atoms. The Kier molecular flexibility index (Phi) is 4.16. The number of aryl methyl sites for hydroxylation is 1. The Morgan fingerprint density at radius 3 is 2.41 bits per heavy atom. The van der Waals surface area contributed by atoms with Crippen molar-refractivity contribution in [3.8, 4) is 11.5 Å². The van der Waals surface area contributed by atoms with Gasteiger partial charge in [0.1, 0.15) is 5.82 Å². The van der Waals surface area contributed by atoms with Gasteiger partial charge >= 0.3 is 5.69 Å². The monoisotopic (exact) mass is 307 g/mol. The molecule has 0 saturated carbocycles. The number of ketones is 1. The molecule has 5 nitrogen and oxygen atoms in total. The number of nitro groups is 1. The van der Waals surface area contributed by atoms with Crippen LogP contribution in [0.3, 0.4) is 0 Å². The van der Waals surface area contributed by atoms with E-state index in [4.69, 9.17) is 4.74 Å². The largest absolute Gasteiger partial charge is 0.447 e. The average molecular weight is 307 g/mol. The lowest BCUT2D eigenvalue weighted by Gasteiger charge is -2.10. The molecule has 0 aliphatic heterocycles. The Labute approximate surface area is 124 Å². The first-order valence-electron chi connectivity index (χ1n) is 6.22. The maximum Gasteiger partial charge on any atom is 0.311 e. The molecular formula is C15H11F2NO4. The van der Waals surface area contributed by atoms with Crippen molar-refractivity contribution in [1.82, 2.24) is 0 Å². The number of halogens is 2. The zero-order chi connectivity index (χ0) is 16.4. The molecule has 0 aliphatic carbocycles. The van der Waals surface area contributed by atoms with Crippen molar-refractivity contribution < 1.29 is 23.2 Å². The summed E-state index contributed by atoms with van der Waals surface area (Å²) in [5, 5.41) is 11.1. The standard InChI is InChI=1S/C15H11F2NO4/c1-8-5-13(18(20)21)15(7-11(8)9(2)19)22-14-4-3-10(16)6-12(14)17/h3-7H,1-2H3. The number of nitro benzene ring substituents is 1. The average Bonchev–Trinajstić information content (AvgIpc) is 2.42. The second-order valence-electron chi connectivity index (χ2n) is 4.62. The van der Waals surface area contributed by atoms with Gasteiger partial charge in [-0.05, 0) is 37.6 Å². The lowest BCUT2D eigenvalue weighted by atomic mass is 10.0. The topological polar surface area (TPSA) is 69.4 Å². The fraction of sp³-hybridized carbons (Fsp3) is 0.133. The molecule has 0 atom stereocenters. The minimum atomic E-state index is -1.00. The zero-order valence-electron chi connectivity index (χ0n) is 11.7. The summed E-state index contributed by atoms with van der Waals surface area (Å²) >= 11 is 0. The number of Topliss-reactive ketones (excluding diaryl/α,β-unsaturated/α-hetero) is 1. The highest BCUT2D eigenvalue weighted by Gasteiger charge is 2.21. The molecule has 114 valence electrons. The SMILES string of the molecule is CC(=O)c1cc(Oc2ccc(F)cc2F)c([N+](=O)[O-])cc1C. The van der Waals surface area contributed by atoms with Crippen LogP contribution in [0.5, 0.6) is 11.5 Å². The van der Waals surface area contributed by atoms with E-state index in [0.29, 0.717) is 11.6 Å². The Balaban J connectivity index is 2.54. The molecule has 0 spiro atoms. The molecule has 22 heavy (non-hydrogen) atoms. The summed E-state index contributed by atoms with van der Waals surface area (Å²) in [7, 11) is 0. The van der Waals surface area contributed by atoms with Crippen LogP contribution in [-0.4, -0.2) is 10.7 Å². The number of carbonyl (C=O) groups excluding carboxylic acids is 1. The van der Waals surface area contributed by atoms with Gasteiger partial charge in [-0.1, -0.05) is 0 Å². The van der Waals surface area contributed by atoms with E-state index in [-0.39, 0.29) is 22.8 Å². The molecule has 0 unspecified atom stereocenters. The minimum Gasteiger partial charge on any atom is -0.447 e. The fourth-order valence-electron chi connectivity index (χ4n) is 1.95. The number of nitrogens with zero attached hydrogens (tertiary/aromatic N) is 1. The Bertz CT molecular complexity index is 774. The van der Waals surface area contributed by atoms with Gasteiger partial charge in [0.25, 0.3) is 0 Å². The van der Waals surface area contributed by atoms with Crippen molar-refractivity contribution in [3.05, 3.63) is 63.2 Å². The molecule has 0 radical (unpaired) electrons. The molecule has 7 heteroatoms. The predicted molar refractivity (Wildman–Crippen MR) is 74.3 cm³/mol. The number of hydrogen-bond donors (Lipinski definition) is 0. The number of benzene rings is 2. The Morgan fingerprint density at radius 2 is 1.86 bits per heavy atom. The van der Waals surface area contributed by atoms with E-state index in [0.717, 1.165) is 12.1 Å². The summed E-state index contributed by atoms with van der Waals surface area (Å²) in [5.74, 6) is -2.77. The van der Waals surface area contributed by atoms with Crippen molar-refractivity contribution in [2.24, 2.45) is 0 Å². The van der Waals surface area contributed by atoms with Crippen LogP contribution in [0.4, 0.5) is 14.5 Å². The molecule has 0 N–H and O–H groups in total. The summed E-state index contributed by atoms with van der Waals surface area (Å²) in [6.45, 7) is 2.85. The first-order chi connectivity index (χ1) is 10.3. The number of hydrogen-bond acceptors (Lipinski definition) is 4. The molecule has 2 aromatic rings. The molecule has 0 saturated heterocycles. The Hall–Kier alpha value is -2.83. The fourth-order valence-corrected chi connectivity index (χ4v) is 1.95. The van der Waals surface area contributed by atoms with Gasteiger partial charge in [-0.15, -0.1) is 0 Å². The van der Waals surface area contributed by atoms with Gasteiger partial charge in [-0.3, -0.25) is 14.9 Å². The second-order valence-corrected chi connectivity index (χ2v) is 4.62. The van der Waals surface area contributed by atoms with Gasteiger partial charge in [-0.2, -0.15) is 0 Å². The molecule has 2 aromatic carbocycles. The molecule has 0 aromatic heterocycles. The lowest BCUT2D eigenvalue weighted by Crippen LogP contribution is -2.01. The van der Waals surface area contributed by atoms with E-state index in [1.54, 1.807) is 6.92 Å². The highest BCUT2D eigenvalue weighted by atomic mass is 19.1. The summed E-state index contributed by atoms with van der Waals surface area (Å²) in [6.07, 6.45) is 0. The molecular weight excluding hydrogens is 296 g/mol. The number of ether oxygens (including phenoxy) is 1. The third-order valence-electron chi connectivity index (χ3n) is 3.00. The number of rotatable bonds is 4. The van der Waals surface area contributed by atoms with Gasteiger partial charge in [0, 0.05) is 17.7 Å². The number of carbonyl (C=O) groups is 1. The van der Waals surface area contributed by atoms with Crippen LogP contribution in [0.2, 0.25) is 0 Å². The normalized spacial score (nSPS) is 10.4. The summed E-state index contributed by atoms with van der Waals surface area (Å²) < 4.78 is 31.6. The van der Waals surface area contributed by atoms with Gasteiger partial charge in [0.05, 0.1) is 4.92 Å². The van der Waals surface area contributed by atoms with Crippen LogP contribution < -0.4 is 4.74 Å². The van der Waals surface area contributed by atoms with Crippen molar-refractivity contribution in [1.29, 1.82) is 0 Å². The van der Waals surface area contributed by atoms with Crippen molar-refractivity contribution in [2.45, 2.75) is 13.8 Å². The third-order valence-corrected chi connectivity index (χ3v) is 3.00. The molecule has 0 heterocycles. The van der Waals surface area contributed by atoms with E-state index in [1.807, 2.05) is 0 Å². The zero-order valence-corrected chi connectivity index (χ0v) is 11.7. The van der Waals surface area contributed by atoms with Crippen LogP contribution >= 0.6 is 0 Å². The molecule has 0 amide bonds. The maximum absolute atomic E-state index is 13.6. The van der Waals surface area contributed by atoms with Gasteiger partial charge < -0.3 is 4.74 Å². The van der Waals surface area contributed by atoms with E-state index < -0.39 is 22.2 Å². The highest BCUT2D eigenvalue weighted by Crippen LogP contribution is 2.35. The van der Waals surface area contributed by atoms with Crippen LogP contribution in [0.15, 0.2) is 30.3 Å². The van der Waals surface area contributed by atoms with Crippen LogP contribution in [0.25, 0.3) is 0 Å².